The van der Waals surface area contributed by atoms with Crippen LogP contribution < -0.4 is 10.1 Å². The molecule has 180 valence electrons. The number of nitrogens with zero attached hydrogens (tertiary/aromatic N) is 2. The van der Waals surface area contributed by atoms with E-state index < -0.39 is 22.6 Å². The lowest BCUT2D eigenvalue weighted by Crippen LogP contribution is -2.09. The summed E-state index contributed by atoms with van der Waals surface area (Å²) in [7, 11) is 0. The van der Waals surface area contributed by atoms with Crippen molar-refractivity contribution in [2.24, 2.45) is 0 Å². The van der Waals surface area contributed by atoms with Gasteiger partial charge in [0.2, 0.25) is 0 Å². The third kappa shape index (κ3) is 5.49. The molecular formula is C23H16F3N3O4S2. The highest BCUT2D eigenvalue weighted by atomic mass is 32.1. The molecule has 0 bridgehead atoms. The van der Waals surface area contributed by atoms with Gasteiger partial charge in [0.05, 0.1) is 32.5 Å². The second kappa shape index (κ2) is 9.84. The van der Waals surface area contributed by atoms with Crippen molar-refractivity contribution in [2.45, 2.75) is 13.1 Å². The zero-order valence-electron chi connectivity index (χ0n) is 18.0. The molecule has 0 unspecified atom stereocenters. The Hall–Kier alpha value is -3.77. The summed E-state index contributed by atoms with van der Waals surface area (Å²) in [5.41, 5.74) is 0.852. The van der Waals surface area contributed by atoms with Gasteiger partial charge in [-0.15, -0.1) is 0 Å². The lowest BCUT2D eigenvalue weighted by molar-refractivity contribution is -0.380. The van der Waals surface area contributed by atoms with E-state index in [9.17, 15) is 28.1 Å². The van der Waals surface area contributed by atoms with E-state index in [1.165, 1.54) is 24.3 Å². The predicted octanol–water partition coefficient (Wildman–Crippen LogP) is 7.12. The number of carbonyl (C=O) groups excluding carboxylic acids is 1. The Morgan fingerprint density at radius 1 is 1.03 bits per heavy atom. The molecule has 12 heteroatoms. The summed E-state index contributed by atoms with van der Waals surface area (Å²) < 4.78 is 44.5. The Morgan fingerprint density at radius 2 is 1.69 bits per heavy atom. The first-order chi connectivity index (χ1) is 16.7. The number of hydrogen-bond donors (Lipinski definition) is 1. The molecule has 4 rings (SSSR count). The molecule has 0 aliphatic heterocycles. The van der Waals surface area contributed by atoms with Crippen LogP contribution in [0.1, 0.15) is 22.2 Å². The van der Waals surface area contributed by atoms with E-state index in [0.29, 0.717) is 34.1 Å². The molecule has 1 amide bonds. The molecule has 0 saturated heterocycles. The SMILES string of the molecule is CCOc1ccc(-c2nc(NC(=O)c3ccc([N+](=O)[O-])s3)sc2-c2ccc(C(F)(F)F)cc2)cc1. The van der Waals surface area contributed by atoms with Crippen molar-refractivity contribution >= 4 is 38.7 Å². The molecule has 0 spiro atoms. The average molecular weight is 520 g/mol. The third-order valence-corrected chi connectivity index (χ3v) is 6.81. The maximum absolute atomic E-state index is 13.0. The largest absolute Gasteiger partial charge is 0.494 e. The van der Waals surface area contributed by atoms with E-state index in [4.69, 9.17) is 4.74 Å². The molecule has 4 aromatic rings. The summed E-state index contributed by atoms with van der Waals surface area (Å²) >= 11 is 1.81. The minimum Gasteiger partial charge on any atom is -0.494 e. The summed E-state index contributed by atoms with van der Waals surface area (Å²) in [4.78, 5) is 28.1. The summed E-state index contributed by atoms with van der Waals surface area (Å²) in [5, 5.41) is 13.6. The fourth-order valence-electron chi connectivity index (χ4n) is 3.16. The first-order valence-electron chi connectivity index (χ1n) is 10.1. The molecule has 2 aromatic carbocycles. The van der Waals surface area contributed by atoms with Crippen molar-refractivity contribution in [3.8, 4) is 27.4 Å². The van der Waals surface area contributed by atoms with Gasteiger partial charge >= 0.3 is 11.2 Å². The van der Waals surface area contributed by atoms with Gasteiger partial charge in [-0.2, -0.15) is 13.2 Å². The third-order valence-electron chi connectivity index (χ3n) is 4.76. The number of nitrogens with one attached hydrogen (secondary N) is 1. The zero-order chi connectivity index (χ0) is 25.2. The molecule has 0 atom stereocenters. The maximum atomic E-state index is 13.0. The number of benzene rings is 2. The molecule has 0 fully saturated rings. The van der Waals surface area contributed by atoms with Gasteiger partial charge in [-0.25, -0.2) is 4.98 Å². The van der Waals surface area contributed by atoms with Gasteiger partial charge in [0, 0.05) is 11.6 Å². The van der Waals surface area contributed by atoms with Gasteiger partial charge in [0.25, 0.3) is 5.91 Å². The fraction of sp³-hybridized carbons (Fsp3) is 0.130. The smallest absolute Gasteiger partial charge is 0.416 e. The van der Waals surface area contributed by atoms with E-state index in [0.717, 1.165) is 34.8 Å². The van der Waals surface area contributed by atoms with Crippen LogP contribution in [0.4, 0.5) is 23.3 Å². The first kappa shape index (κ1) is 24.4. The highest BCUT2D eigenvalue weighted by molar-refractivity contribution is 7.20. The van der Waals surface area contributed by atoms with Crippen molar-refractivity contribution in [3.63, 3.8) is 0 Å². The van der Waals surface area contributed by atoms with Crippen LogP contribution in [0.2, 0.25) is 0 Å². The highest BCUT2D eigenvalue weighted by Crippen LogP contribution is 2.41. The van der Waals surface area contributed by atoms with E-state index in [-0.39, 0.29) is 15.0 Å². The van der Waals surface area contributed by atoms with E-state index in [1.807, 2.05) is 6.92 Å². The van der Waals surface area contributed by atoms with E-state index in [2.05, 4.69) is 10.3 Å². The van der Waals surface area contributed by atoms with Crippen LogP contribution in [-0.2, 0) is 6.18 Å². The van der Waals surface area contributed by atoms with Gasteiger partial charge in [0.15, 0.2) is 5.13 Å². The summed E-state index contributed by atoms with van der Waals surface area (Å²) in [6.07, 6.45) is -4.47. The molecule has 0 aliphatic carbocycles. The number of thiophene rings is 1. The van der Waals surface area contributed by atoms with Crippen LogP contribution in [0, 0.1) is 10.1 Å². The summed E-state index contributed by atoms with van der Waals surface area (Å²) in [6, 6.07) is 14.3. The first-order valence-corrected chi connectivity index (χ1v) is 11.8. The minimum atomic E-state index is -4.47. The number of nitro groups is 1. The number of alkyl halides is 3. The average Bonchev–Trinajstić information content (AvgIpc) is 3.47. The zero-order valence-corrected chi connectivity index (χ0v) is 19.6. The number of halogens is 3. The van der Waals surface area contributed by atoms with Gasteiger partial charge in [-0.1, -0.05) is 34.8 Å². The number of anilines is 1. The number of aromatic nitrogens is 1. The van der Waals surface area contributed by atoms with Crippen LogP contribution in [0.5, 0.6) is 5.75 Å². The number of ether oxygens (including phenoxy) is 1. The Balaban J connectivity index is 1.70. The number of hydrogen-bond acceptors (Lipinski definition) is 7. The van der Waals surface area contributed by atoms with Crippen LogP contribution in [0.25, 0.3) is 21.7 Å². The Labute approximate surface area is 205 Å². The quantitative estimate of drug-likeness (QED) is 0.207. The van der Waals surface area contributed by atoms with Crippen molar-refractivity contribution in [1.82, 2.24) is 4.98 Å². The van der Waals surface area contributed by atoms with Crippen LogP contribution in [0.3, 0.4) is 0 Å². The predicted molar refractivity (Wildman–Crippen MR) is 128 cm³/mol. The van der Waals surface area contributed by atoms with Crippen molar-refractivity contribution in [1.29, 1.82) is 0 Å². The van der Waals surface area contributed by atoms with Gasteiger partial charge in [0.1, 0.15) is 5.75 Å². The topological polar surface area (TPSA) is 94.4 Å². The normalized spacial score (nSPS) is 11.3. The monoisotopic (exact) mass is 519 g/mol. The summed E-state index contributed by atoms with van der Waals surface area (Å²) in [5.74, 6) is 0.0736. The van der Waals surface area contributed by atoms with E-state index >= 15 is 0 Å². The Kier molecular flexibility index (Phi) is 6.85. The molecule has 2 heterocycles. The molecule has 1 N–H and O–H groups in total. The molecule has 7 nitrogen and oxygen atoms in total. The molecule has 2 aromatic heterocycles. The number of thiazole rings is 1. The Morgan fingerprint density at radius 3 is 2.26 bits per heavy atom. The standard InChI is InChI=1S/C23H16F3N3O4S2/c1-2-33-16-9-5-13(6-10-16)19-20(14-3-7-15(8-4-14)23(24,25)26)35-22(27-19)28-21(30)17-11-12-18(34-17)29(31)32/h3-12H,2H2,1H3,(H,27,28,30). The minimum absolute atomic E-state index is 0.130. The van der Waals surface area contributed by atoms with Crippen molar-refractivity contribution < 1.29 is 27.6 Å². The fourth-order valence-corrected chi connectivity index (χ4v) is 4.86. The second-order valence-electron chi connectivity index (χ2n) is 7.08. The molecular weight excluding hydrogens is 503 g/mol. The van der Waals surface area contributed by atoms with Crippen LogP contribution >= 0.6 is 22.7 Å². The highest BCUT2D eigenvalue weighted by Gasteiger charge is 2.30. The number of amides is 1. The maximum Gasteiger partial charge on any atom is 0.416 e. The second-order valence-corrected chi connectivity index (χ2v) is 9.14. The van der Waals surface area contributed by atoms with Gasteiger partial charge < -0.3 is 4.74 Å². The molecule has 0 saturated carbocycles. The molecule has 35 heavy (non-hydrogen) atoms. The van der Waals surface area contributed by atoms with Crippen LogP contribution in [0.15, 0.2) is 60.7 Å². The number of rotatable bonds is 7. The van der Waals surface area contributed by atoms with Crippen molar-refractivity contribution in [2.75, 3.05) is 11.9 Å². The summed E-state index contributed by atoms with van der Waals surface area (Å²) in [6.45, 7) is 2.35. The van der Waals surface area contributed by atoms with E-state index in [1.54, 1.807) is 24.3 Å². The van der Waals surface area contributed by atoms with Gasteiger partial charge in [-0.3, -0.25) is 20.2 Å². The Bertz CT molecular complexity index is 1360. The van der Waals surface area contributed by atoms with Crippen LogP contribution in [-0.4, -0.2) is 22.4 Å². The van der Waals surface area contributed by atoms with Gasteiger partial charge in [-0.05, 0) is 55.0 Å². The molecule has 0 aliphatic rings. The number of carbonyl (C=O) groups is 1. The lowest BCUT2D eigenvalue weighted by atomic mass is 10.1. The van der Waals surface area contributed by atoms with Crippen molar-refractivity contribution in [3.05, 3.63) is 81.2 Å². The molecule has 0 radical (unpaired) electrons. The lowest BCUT2D eigenvalue weighted by Gasteiger charge is -2.08.